The highest BCUT2D eigenvalue weighted by molar-refractivity contribution is 5.34. The minimum atomic E-state index is 0.441. The van der Waals surface area contributed by atoms with Gasteiger partial charge in [0.2, 0.25) is 0 Å². The Labute approximate surface area is 86.5 Å². The second kappa shape index (κ2) is 3.39. The lowest BCUT2D eigenvalue weighted by Gasteiger charge is -2.11. The number of aryl methyl sites for hydroxylation is 1. The number of benzene rings is 1. The molecule has 2 rings (SSSR count). The van der Waals surface area contributed by atoms with Crippen LogP contribution in [0.2, 0.25) is 0 Å². The molecule has 1 unspecified atom stereocenters. The van der Waals surface area contributed by atoms with E-state index in [2.05, 4.69) is 43.4 Å². The molecule has 0 aliphatic heterocycles. The number of hydrogen-bond acceptors (Lipinski definition) is 1. The Morgan fingerprint density at radius 3 is 2.57 bits per heavy atom. The van der Waals surface area contributed by atoms with Gasteiger partial charge in [-0.3, -0.25) is 0 Å². The van der Waals surface area contributed by atoms with Crippen LogP contribution in [0.15, 0.2) is 24.3 Å². The van der Waals surface area contributed by atoms with Crippen molar-refractivity contribution >= 4 is 0 Å². The summed E-state index contributed by atoms with van der Waals surface area (Å²) in [5.41, 5.74) is 3.29. The van der Waals surface area contributed by atoms with Crippen molar-refractivity contribution < 1.29 is 0 Å². The van der Waals surface area contributed by atoms with Gasteiger partial charge in [-0.2, -0.15) is 0 Å². The Morgan fingerprint density at radius 2 is 2.00 bits per heavy atom. The maximum absolute atomic E-state index is 3.27. The van der Waals surface area contributed by atoms with Gasteiger partial charge < -0.3 is 5.32 Å². The zero-order valence-corrected chi connectivity index (χ0v) is 9.30. The number of rotatable bonds is 3. The molecule has 1 saturated carbocycles. The van der Waals surface area contributed by atoms with Crippen molar-refractivity contribution in [3.05, 3.63) is 35.4 Å². The van der Waals surface area contributed by atoms with E-state index in [9.17, 15) is 0 Å². The van der Waals surface area contributed by atoms with Crippen LogP contribution < -0.4 is 5.32 Å². The van der Waals surface area contributed by atoms with Crippen molar-refractivity contribution in [2.45, 2.75) is 25.7 Å². The van der Waals surface area contributed by atoms with Gasteiger partial charge in [-0.25, -0.2) is 0 Å². The maximum atomic E-state index is 3.27. The first-order chi connectivity index (χ1) is 6.66. The quantitative estimate of drug-likeness (QED) is 0.770. The Kier molecular flexibility index (Phi) is 2.36. The first-order valence-corrected chi connectivity index (χ1v) is 5.38. The predicted octanol–water partition coefficient (Wildman–Crippen LogP) is 2.49. The molecule has 1 N–H and O–H groups in total. The summed E-state index contributed by atoms with van der Waals surface area (Å²) in [6.07, 6.45) is 1.33. The van der Waals surface area contributed by atoms with Crippen molar-refractivity contribution in [3.63, 3.8) is 0 Å². The molecule has 1 heteroatoms. The molecule has 0 aromatic heterocycles. The summed E-state index contributed by atoms with van der Waals surface area (Å²) < 4.78 is 0. The molecule has 1 fully saturated rings. The zero-order chi connectivity index (χ0) is 10.2. The van der Waals surface area contributed by atoms with Gasteiger partial charge in [0.25, 0.3) is 0 Å². The SMILES string of the molecule is CNCC1C[C@@]1(C)c1ccc(C)cc1. The van der Waals surface area contributed by atoms with E-state index >= 15 is 0 Å². The van der Waals surface area contributed by atoms with Crippen LogP contribution in [0.25, 0.3) is 0 Å². The molecule has 0 radical (unpaired) electrons. The monoisotopic (exact) mass is 189 g/mol. The minimum Gasteiger partial charge on any atom is -0.319 e. The van der Waals surface area contributed by atoms with Gasteiger partial charge in [-0.1, -0.05) is 36.8 Å². The summed E-state index contributed by atoms with van der Waals surface area (Å²) in [5.74, 6) is 0.829. The van der Waals surface area contributed by atoms with Gasteiger partial charge in [-0.15, -0.1) is 0 Å². The molecule has 14 heavy (non-hydrogen) atoms. The fourth-order valence-corrected chi connectivity index (χ4v) is 2.28. The third kappa shape index (κ3) is 1.57. The average molecular weight is 189 g/mol. The Morgan fingerprint density at radius 1 is 1.36 bits per heavy atom. The van der Waals surface area contributed by atoms with Crippen LogP contribution in [0, 0.1) is 12.8 Å². The average Bonchev–Trinajstić information content (AvgIpc) is 2.80. The summed E-state index contributed by atoms with van der Waals surface area (Å²) >= 11 is 0. The highest BCUT2D eigenvalue weighted by Crippen LogP contribution is 2.53. The lowest BCUT2D eigenvalue weighted by Crippen LogP contribution is -2.15. The van der Waals surface area contributed by atoms with Crippen molar-refractivity contribution in [1.82, 2.24) is 5.32 Å². The van der Waals surface area contributed by atoms with E-state index in [0.717, 1.165) is 12.5 Å². The molecule has 1 aromatic carbocycles. The summed E-state index contributed by atoms with van der Waals surface area (Å²) in [4.78, 5) is 0. The van der Waals surface area contributed by atoms with Gasteiger partial charge in [0.15, 0.2) is 0 Å². The molecule has 1 aromatic rings. The van der Waals surface area contributed by atoms with E-state index in [1.807, 2.05) is 7.05 Å². The van der Waals surface area contributed by atoms with Gasteiger partial charge in [0.1, 0.15) is 0 Å². The molecule has 1 aliphatic rings. The third-order valence-electron chi connectivity index (χ3n) is 3.57. The minimum absolute atomic E-state index is 0.441. The topological polar surface area (TPSA) is 12.0 Å². The van der Waals surface area contributed by atoms with E-state index < -0.39 is 0 Å². The highest BCUT2D eigenvalue weighted by atomic mass is 14.8. The predicted molar refractivity (Wildman–Crippen MR) is 60.6 cm³/mol. The number of nitrogens with one attached hydrogen (secondary N) is 1. The molecule has 0 spiro atoms. The molecule has 1 nitrogen and oxygen atoms in total. The lowest BCUT2D eigenvalue weighted by molar-refractivity contribution is 0.617. The molecular weight excluding hydrogens is 170 g/mol. The summed E-state index contributed by atoms with van der Waals surface area (Å²) in [6, 6.07) is 9.00. The fourth-order valence-electron chi connectivity index (χ4n) is 2.28. The van der Waals surface area contributed by atoms with Crippen molar-refractivity contribution in [2.24, 2.45) is 5.92 Å². The lowest BCUT2D eigenvalue weighted by atomic mass is 9.95. The Hall–Kier alpha value is -0.820. The molecule has 0 bridgehead atoms. The molecule has 0 heterocycles. The van der Waals surface area contributed by atoms with Crippen molar-refractivity contribution in [1.29, 1.82) is 0 Å². The molecule has 0 saturated heterocycles. The zero-order valence-electron chi connectivity index (χ0n) is 9.30. The molecule has 2 atom stereocenters. The normalized spacial score (nSPS) is 30.4. The van der Waals surface area contributed by atoms with Crippen LogP contribution in [0.5, 0.6) is 0 Å². The standard InChI is InChI=1S/C13H19N/c1-10-4-6-11(7-5-10)13(2)8-12(13)9-14-3/h4-7,12,14H,8-9H2,1-3H3/t12?,13-/m0/s1. The van der Waals surface area contributed by atoms with Gasteiger partial charge in [-0.05, 0) is 43.8 Å². The van der Waals surface area contributed by atoms with Crippen LogP contribution in [0.3, 0.4) is 0 Å². The van der Waals surface area contributed by atoms with Crippen molar-refractivity contribution in [2.75, 3.05) is 13.6 Å². The second-order valence-corrected chi connectivity index (χ2v) is 4.74. The third-order valence-corrected chi connectivity index (χ3v) is 3.57. The van der Waals surface area contributed by atoms with Crippen molar-refractivity contribution in [3.8, 4) is 0 Å². The van der Waals surface area contributed by atoms with Crippen LogP contribution in [-0.4, -0.2) is 13.6 Å². The second-order valence-electron chi connectivity index (χ2n) is 4.74. The van der Waals surface area contributed by atoms with Crippen LogP contribution in [0.4, 0.5) is 0 Å². The maximum Gasteiger partial charge on any atom is -0.00148 e. The van der Waals surface area contributed by atoms with E-state index in [0.29, 0.717) is 5.41 Å². The highest BCUT2D eigenvalue weighted by Gasteiger charge is 2.50. The van der Waals surface area contributed by atoms with E-state index in [-0.39, 0.29) is 0 Å². The molecule has 0 amide bonds. The van der Waals surface area contributed by atoms with E-state index in [1.54, 1.807) is 0 Å². The summed E-state index contributed by atoms with van der Waals surface area (Å²) in [6.45, 7) is 5.66. The fraction of sp³-hybridized carbons (Fsp3) is 0.538. The molecular formula is C13H19N. The Balaban J connectivity index is 2.13. The smallest absolute Gasteiger partial charge is 0.00148 e. The van der Waals surface area contributed by atoms with Crippen LogP contribution in [0.1, 0.15) is 24.5 Å². The molecule has 76 valence electrons. The Bertz CT molecular complexity index is 315. The molecule has 1 aliphatic carbocycles. The summed E-state index contributed by atoms with van der Waals surface area (Å²) in [5, 5.41) is 3.27. The van der Waals surface area contributed by atoms with Crippen LogP contribution in [-0.2, 0) is 5.41 Å². The first kappa shape index (κ1) is 9.72. The van der Waals surface area contributed by atoms with E-state index in [4.69, 9.17) is 0 Å². The van der Waals surface area contributed by atoms with E-state index in [1.165, 1.54) is 17.5 Å². The van der Waals surface area contributed by atoms with Gasteiger partial charge >= 0.3 is 0 Å². The van der Waals surface area contributed by atoms with Crippen LogP contribution >= 0.6 is 0 Å². The first-order valence-electron chi connectivity index (χ1n) is 5.38. The van der Waals surface area contributed by atoms with Gasteiger partial charge in [0.05, 0.1) is 0 Å². The van der Waals surface area contributed by atoms with Gasteiger partial charge in [0, 0.05) is 0 Å². The number of hydrogen-bond donors (Lipinski definition) is 1. The largest absolute Gasteiger partial charge is 0.319 e. The summed E-state index contributed by atoms with van der Waals surface area (Å²) in [7, 11) is 2.04.